The number of ether oxygens (including phenoxy) is 1. The van der Waals surface area contributed by atoms with Crippen LogP contribution in [0.3, 0.4) is 0 Å². The van der Waals surface area contributed by atoms with E-state index in [1.54, 1.807) is 6.20 Å². The summed E-state index contributed by atoms with van der Waals surface area (Å²) in [6.07, 6.45) is -0.162. The van der Waals surface area contributed by atoms with Crippen LogP contribution in [0.2, 0.25) is 0 Å². The Balaban J connectivity index is 1.38. The van der Waals surface area contributed by atoms with Gasteiger partial charge in [0.15, 0.2) is 29.6 Å². The number of nitrogen functional groups attached to an aromatic ring is 1. The van der Waals surface area contributed by atoms with Gasteiger partial charge in [0.2, 0.25) is 5.95 Å². The van der Waals surface area contributed by atoms with E-state index in [1.165, 1.54) is 10.9 Å². The van der Waals surface area contributed by atoms with Gasteiger partial charge in [-0.1, -0.05) is 18.1 Å². The van der Waals surface area contributed by atoms with Crippen LogP contribution in [0, 0.1) is 0 Å². The Morgan fingerprint density at radius 3 is 2.79 bits per heavy atom. The van der Waals surface area contributed by atoms with E-state index in [9.17, 15) is 10.2 Å². The quantitative estimate of drug-likeness (QED) is 0.302. The molecule has 0 spiro atoms. The van der Waals surface area contributed by atoms with E-state index >= 15 is 0 Å². The molecule has 0 radical (unpaired) electrons. The van der Waals surface area contributed by atoms with Crippen molar-refractivity contribution in [3.8, 4) is 0 Å². The third-order valence-electron chi connectivity index (χ3n) is 5.39. The summed E-state index contributed by atoms with van der Waals surface area (Å²) in [7, 11) is 0. The highest BCUT2D eigenvalue weighted by Gasteiger charge is 2.47. The van der Waals surface area contributed by atoms with Crippen molar-refractivity contribution in [2.24, 2.45) is 0 Å². The highest BCUT2D eigenvalue weighted by atomic mass is 16.6. The molecule has 0 saturated carbocycles. The van der Waals surface area contributed by atoms with E-state index in [2.05, 4.69) is 35.4 Å². The van der Waals surface area contributed by atoms with Crippen LogP contribution >= 0.6 is 0 Å². The molecule has 0 bridgehead atoms. The molecule has 13 nitrogen and oxygen atoms in total. The smallest absolute Gasteiger partial charge is 0.258 e. The maximum atomic E-state index is 10.7. The molecule has 0 amide bonds. The molecule has 5 rings (SSSR count). The number of nitrogens with two attached hydrogens (primary N) is 1. The molecule has 1 aliphatic heterocycles. The Labute approximate surface area is 187 Å². The lowest BCUT2D eigenvalue weighted by atomic mass is 10.1. The van der Waals surface area contributed by atoms with Crippen LogP contribution < -0.4 is 11.1 Å². The lowest BCUT2D eigenvalue weighted by Crippen LogP contribution is -2.29. The van der Waals surface area contributed by atoms with Crippen LogP contribution in [0.1, 0.15) is 36.7 Å². The van der Waals surface area contributed by atoms with E-state index in [0.717, 1.165) is 5.69 Å². The monoisotopic (exact) mass is 453 g/mol. The molecule has 1 aliphatic rings. The summed E-state index contributed by atoms with van der Waals surface area (Å²) < 4.78 is 12.6. The number of aliphatic hydroxyl groups excluding tert-OH is 2. The molecule has 4 aromatic heterocycles. The number of aromatic nitrogens is 7. The molecule has 4 aromatic rings. The molecule has 0 aliphatic carbocycles. The summed E-state index contributed by atoms with van der Waals surface area (Å²) >= 11 is 0. The highest BCUT2D eigenvalue weighted by Crippen LogP contribution is 2.39. The average Bonchev–Trinajstić information content (AvgIpc) is 3.53. The predicted octanol–water partition coefficient (Wildman–Crippen LogP) is 0.395. The molecule has 1 saturated heterocycles. The van der Waals surface area contributed by atoms with Gasteiger partial charge in [-0.3, -0.25) is 9.55 Å². The van der Waals surface area contributed by atoms with Gasteiger partial charge in [-0.05, 0) is 12.1 Å². The summed E-state index contributed by atoms with van der Waals surface area (Å²) in [6.45, 7) is 2.41. The van der Waals surface area contributed by atoms with Crippen molar-refractivity contribution in [1.29, 1.82) is 0 Å². The molecule has 5 N–H and O–H groups in total. The molecule has 0 aromatic carbocycles. The SMILES string of the molecule is CCc1noc(C2O[C@@H](n3cnc4c(N)nc(NCCc5ccccn5)nc43)[C@H](O)[C@@H]2O)n1. The maximum Gasteiger partial charge on any atom is 0.258 e. The Kier molecular flexibility index (Phi) is 5.58. The normalized spacial score (nSPS) is 22.8. The lowest BCUT2D eigenvalue weighted by Gasteiger charge is -2.16. The van der Waals surface area contributed by atoms with Crippen molar-refractivity contribution < 1.29 is 19.5 Å². The third-order valence-corrected chi connectivity index (χ3v) is 5.39. The van der Waals surface area contributed by atoms with Gasteiger partial charge in [0, 0.05) is 31.3 Å². The van der Waals surface area contributed by atoms with Crippen molar-refractivity contribution in [2.75, 3.05) is 17.6 Å². The number of nitrogens with zero attached hydrogens (tertiary/aromatic N) is 7. The zero-order valence-corrected chi connectivity index (χ0v) is 17.7. The molecule has 1 unspecified atom stereocenters. The summed E-state index contributed by atoms with van der Waals surface area (Å²) in [6, 6.07) is 5.72. The minimum Gasteiger partial charge on any atom is -0.387 e. The zero-order chi connectivity index (χ0) is 22.9. The minimum absolute atomic E-state index is 0.0938. The van der Waals surface area contributed by atoms with E-state index in [4.69, 9.17) is 15.0 Å². The number of rotatable bonds is 7. The number of fused-ring (bicyclic) bond motifs is 1. The van der Waals surface area contributed by atoms with Crippen LogP contribution in [-0.4, -0.2) is 63.6 Å². The summed E-state index contributed by atoms with van der Waals surface area (Å²) in [4.78, 5) is 21.5. The molecule has 5 heterocycles. The third kappa shape index (κ3) is 3.97. The Bertz CT molecular complexity index is 1250. The first-order chi connectivity index (χ1) is 16.0. The number of nitrogens with one attached hydrogen (secondary N) is 1. The van der Waals surface area contributed by atoms with Crippen molar-refractivity contribution >= 4 is 22.9 Å². The number of hydrogen-bond donors (Lipinski definition) is 4. The van der Waals surface area contributed by atoms with Crippen molar-refractivity contribution in [2.45, 2.75) is 44.3 Å². The standard InChI is InChI=1S/C20H23N9O4/c1-2-11-25-18(33-28-11)15-13(30)14(31)19(32-15)29-9-24-12-16(21)26-20(27-17(12)29)23-8-6-10-5-3-4-7-22-10/h3-5,7,9,13-15,19,30-31H,2,6,8H2,1H3,(H3,21,23,26,27)/t13-,14+,15?,19+/m0/s1. The number of imidazole rings is 1. The molecule has 1 fully saturated rings. The van der Waals surface area contributed by atoms with Crippen molar-refractivity contribution in [1.82, 2.24) is 34.6 Å². The number of anilines is 2. The van der Waals surface area contributed by atoms with Crippen LogP contribution in [0.5, 0.6) is 0 Å². The van der Waals surface area contributed by atoms with Gasteiger partial charge >= 0.3 is 0 Å². The van der Waals surface area contributed by atoms with E-state index in [-0.39, 0.29) is 11.7 Å². The van der Waals surface area contributed by atoms with Crippen LogP contribution in [-0.2, 0) is 17.6 Å². The number of aliphatic hydroxyl groups is 2. The van der Waals surface area contributed by atoms with E-state index in [1.807, 2.05) is 25.1 Å². The first-order valence-corrected chi connectivity index (χ1v) is 10.5. The van der Waals surface area contributed by atoms with Gasteiger partial charge in [0.25, 0.3) is 5.89 Å². The first kappa shape index (κ1) is 21.2. The minimum atomic E-state index is -1.29. The number of aryl methyl sites for hydroxylation is 1. The van der Waals surface area contributed by atoms with Gasteiger partial charge < -0.3 is 30.5 Å². The average molecular weight is 453 g/mol. The van der Waals surface area contributed by atoms with E-state index < -0.39 is 24.5 Å². The van der Waals surface area contributed by atoms with E-state index in [0.29, 0.717) is 42.3 Å². The van der Waals surface area contributed by atoms with Gasteiger partial charge in [-0.2, -0.15) is 15.0 Å². The highest BCUT2D eigenvalue weighted by molar-refractivity contribution is 5.83. The van der Waals surface area contributed by atoms with Crippen molar-refractivity contribution in [3.63, 3.8) is 0 Å². The second-order valence-corrected chi connectivity index (χ2v) is 7.59. The van der Waals surface area contributed by atoms with Gasteiger partial charge in [-0.25, -0.2) is 4.98 Å². The Hall–Kier alpha value is -3.68. The second-order valence-electron chi connectivity index (χ2n) is 7.59. The van der Waals surface area contributed by atoms with Gasteiger partial charge in [0.1, 0.15) is 17.7 Å². The van der Waals surface area contributed by atoms with Gasteiger partial charge in [0.05, 0.1) is 6.33 Å². The summed E-state index contributed by atoms with van der Waals surface area (Å²) in [5, 5.41) is 28.2. The first-order valence-electron chi connectivity index (χ1n) is 10.5. The molecule has 4 atom stereocenters. The fraction of sp³-hybridized carbons (Fsp3) is 0.400. The van der Waals surface area contributed by atoms with Gasteiger partial charge in [-0.15, -0.1) is 0 Å². The van der Waals surface area contributed by atoms with Crippen molar-refractivity contribution in [3.05, 3.63) is 48.1 Å². The molecular formula is C20H23N9O4. The fourth-order valence-electron chi connectivity index (χ4n) is 3.67. The van der Waals surface area contributed by atoms with Crippen LogP contribution in [0.4, 0.5) is 11.8 Å². The topological polar surface area (TPSA) is 183 Å². The second kappa shape index (κ2) is 8.69. The zero-order valence-electron chi connectivity index (χ0n) is 17.7. The molecular weight excluding hydrogens is 430 g/mol. The Morgan fingerprint density at radius 1 is 1.15 bits per heavy atom. The van der Waals surface area contributed by atoms with Crippen LogP contribution in [0.15, 0.2) is 35.2 Å². The molecule has 13 heteroatoms. The summed E-state index contributed by atoms with van der Waals surface area (Å²) in [5.41, 5.74) is 7.71. The molecule has 33 heavy (non-hydrogen) atoms. The fourth-order valence-corrected chi connectivity index (χ4v) is 3.67. The predicted molar refractivity (Wildman–Crippen MR) is 115 cm³/mol. The largest absolute Gasteiger partial charge is 0.387 e. The Morgan fingerprint density at radius 2 is 2.03 bits per heavy atom. The maximum absolute atomic E-state index is 10.7. The van der Waals surface area contributed by atoms with Crippen LogP contribution in [0.25, 0.3) is 11.2 Å². The molecule has 172 valence electrons. The number of pyridine rings is 1. The summed E-state index contributed by atoms with van der Waals surface area (Å²) in [5.74, 6) is 1.05. The number of hydrogen-bond acceptors (Lipinski definition) is 12. The lowest BCUT2D eigenvalue weighted by molar-refractivity contribution is -0.0451.